The molecule has 0 saturated carbocycles. The van der Waals surface area contributed by atoms with Crippen LogP contribution in [-0.2, 0) is 11.2 Å². The van der Waals surface area contributed by atoms with E-state index in [2.05, 4.69) is 0 Å². The van der Waals surface area contributed by atoms with Gasteiger partial charge in [0.05, 0.1) is 0 Å². The van der Waals surface area contributed by atoms with Gasteiger partial charge in [0, 0.05) is 19.9 Å². The molecule has 0 N–H and O–H groups in total. The summed E-state index contributed by atoms with van der Waals surface area (Å²) < 4.78 is 30.1. The Morgan fingerprint density at radius 3 is 2.69 bits per heavy atom. The molecule has 0 spiro atoms. The van der Waals surface area contributed by atoms with E-state index < -0.39 is 17.0 Å². The first-order valence-electron chi connectivity index (χ1n) is 5.29. The predicted molar refractivity (Wildman–Crippen MR) is 63.8 cm³/mol. The normalized spacial score (nSPS) is 13.6. The lowest BCUT2D eigenvalue weighted by Crippen LogP contribution is -2.21. The van der Waals surface area contributed by atoms with Crippen LogP contribution < -0.4 is 4.74 Å². The molecule has 1 atom stereocenters. The van der Waals surface area contributed by atoms with E-state index in [1.54, 1.807) is 24.3 Å². The van der Waals surface area contributed by atoms with Gasteiger partial charge >= 0.3 is 0 Å². The van der Waals surface area contributed by atoms with Crippen LogP contribution in [0, 0.1) is 0 Å². The second kappa shape index (κ2) is 5.55. The van der Waals surface area contributed by atoms with Crippen LogP contribution in [0.15, 0.2) is 29.2 Å². The molecule has 0 heterocycles. The van der Waals surface area contributed by atoms with Crippen molar-refractivity contribution in [3.8, 4) is 5.75 Å². The summed E-state index contributed by atoms with van der Waals surface area (Å²) in [5, 5.41) is 0. The smallest absolute Gasteiger partial charge is 0.242 e. The number of ether oxygens (including phenoxy) is 1. The van der Waals surface area contributed by atoms with Gasteiger partial charge in [-0.15, -0.1) is 0 Å². The first kappa shape index (κ1) is 13.3. The van der Waals surface area contributed by atoms with E-state index in [4.69, 9.17) is 4.74 Å². The summed E-state index contributed by atoms with van der Waals surface area (Å²) >= 11 is -1.02. The third-order valence-electron chi connectivity index (χ3n) is 1.82. The topological polar surface area (TPSA) is 32.3 Å². The van der Waals surface area contributed by atoms with E-state index in [0.717, 1.165) is 6.42 Å². The second-order valence-electron chi connectivity index (χ2n) is 3.99. The molecule has 1 rings (SSSR count). The summed E-state index contributed by atoms with van der Waals surface area (Å²) in [5.41, 5.74) is 0. The zero-order chi connectivity index (χ0) is 12.2. The molecule has 0 fully saturated rings. The van der Waals surface area contributed by atoms with E-state index in [9.17, 15) is 8.94 Å². The van der Waals surface area contributed by atoms with Crippen molar-refractivity contribution < 1.29 is 13.7 Å². The van der Waals surface area contributed by atoms with Gasteiger partial charge in [0.15, 0.2) is 4.90 Å². The fourth-order valence-corrected chi connectivity index (χ4v) is 2.35. The molecular weight excluding hydrogens is 227 g/mol. The second-order valence-corrected chi connectivity index (χ2v) is 5.56. The summed E-state index contributed by atoms with van der Waals surface area (Å²) in [6.07, 6.45) is 0.853. The van der Waals surface area contributed by atoms with E-state index in [1.165, 1.54) is 13.8 Å². The lowest BCUT2D eigenvalue weighted by Gasteiger charge is -2.17. The molecule has 90 valence electrons. The summed E-state index contributed by atoms with van der Waals surface area (Å²) in [6.45, 7) is 4.65. The van der Waals surface area contributed by atoms with Crippen LogP contribution in [-0.4, -0.2) is 16.2 Å². The third kappa shape index (κ3) is 4.41. The number of alkyl halides is 1. The van der Waals surface area contributed by atoms with E-state index in [-0.39, 0.29) is 0 Å². The van der Waals surface area contributed by atoms with Crippen LogP contribution in [0.1, 0.15) is 27.2 Å². The average molecular weight is 244 g/mol. The minimum absolute atomic E-state index is 0.412. The maximum Gasteiger partial charge on any atom is 0.242 e. The minimum atomic E-state index is -1.72. The van der Waals surface area contributed by atoms with Crippen molar-refractivity contribution in [2.45, 2.75) is 37.9 Å². The molecule has 0 radical (unpaired) electrons. The van der Waals surface area contributed by atoms with Gasteiger partial charge in [-0.2, -0.15) is 4.39 Å². The van der Waals surface area contributed by atoms with Crippen molar-refractivity contribution in [2.24, 2.45) is 0 Å². The quantitative estimate of drug-likeness (QED) is 0.744. The van der Waals surface area contributed by atoms with Gasteiger partial charge in [0.2, 0.25) is 5.85 Å². The van der Waals surface area contributed by atoms with Gasteiger partial charge in [-0.3, -0.25) is 0 Å². The van der Waals surface area contributed by atoms with Crippen molar-refractivity contribution in [2.75, 3.05) is 5.75 Å². The van der Waals surface area contributed by atoms with Gasteiger partial charge in [-0.25, -0.2) is 0 Å². The van der Waals surface area contributed by atoms with Gasteiger partial charge in [0.1, 0.15) is 11.5 Å². The van der Waals surface area contributed by atoms with Gasteiger partial charge in [-0.05, 0) is 29.7 Å². The Hall–Kier alpha value is -0.740. The summed E-state index contributed by atoms with van der Waals surface area (Å²) in [5.74, 6) is -0.692. The molecular formula is C12H17FO2S. The fraction of sp³-hybridized carbons (Fsp3) is 0.500. The highest BCUT2D eigenvalue weighted by Crippen LogP contribution is 2.23. The van der Waals surface area contributed by atoms with Gasteiger partial charge in [-0.1, -0.05) is 13.0 Å². The van der Waals surface area contributed by atoms with Crippen LogP contribution in [0.25, 0.3) is 0 Å². The van der Waals surface area contributed by atoms with Crippen LogP contribution in [0.3, 0.4) is 0 Å². The minimum Gasteiger partial charge on any atom is -0.611 e. The summed E-state index contributed by atoms with van der Waals surface area (Å²) in [4.78, 5) is 0.684. The highest BCUT2D eigenvalue weighted by Gasteiger charge is 2.18. The number of hydrogen-bond donors (Lipinski definition) is 0. The molecule has 1 unspecified atom stereocenters. The maximum atomic E-state index is 13.3. The SMILES string of the molecule is CCC[S+]([O-])c1cccc(OC(C)(C)F)c1. The lowest BCUT2D eigenvalue weighted by molar-refractivity contribution is -0.0258. The van der Waals surface area contributed by atoms with Crippen molar-refractivity contribution >= 4 is 11.2 Å². The molecule has 4 heteroatoms. The van der Waals surface area contributed by atoms with Gasteiger partial charge in [0.25, 0.3) is 0 Å². The lowest BCUT2D eigenvalue weighted by atomic mass is 10.3. The van der Waals surface area contributed by atoms with Gasteiger partial charge < -0.3 is 9.29 Å². The molecule has 0 amide bonds. The summed E-state index contributed by atoms with van der Waals surface area (Å²) in [7, 11) is 0. The number of rotatable bonds is 5. The van der Waals surface area contributed by atoms with Crippen molar-refractivity contribution in [3.05, 3.63) is 24.3 Å². The fourth-order valence-electron chi connectivity index (χ4n) is 1.26. The van der Waals surface area contributed by atoms with Crippen molar-refractivity contribution in [3.63, 3.8) is 0 Å². The first-order valence-corrected chi connectivity index (χ1v) is 6.60. The van der Waals surface area contributed by atoms with E-state index in [1.807, 2.05) is 6.92 Å². The van der Waals surface area contributed by atoms with Crippen LogP contribution in [0.2, 0.25) is 0 Å². The standard InChI is InChI=1S/C12H17FO2S/c1-4-8-16(14)11-7-5-6-10(9-11)15-12(2,3)13/h5-7,9H,4,8H2,1-3H3. The molecule has 0 saturated heterocycles. The zero-order valence-electron chi connectivity index (χ0n) is 9.83. The van der Waals surface area contributed by atoms with E-state index in [0.29, 0.717) is 16.4 Å². The molecule has 0 aliphatic heterocycles. The first-order chi connectivity index (χ1) is 7.42. The van der Waals surface area contributed by atoms with Crippen molar-refractivity contribution in [1.29, 1.82) is 0 Å². The summed E-state index contributed by atoms with van der Waals surface area (Å²) in [6, 6.07) is 6.79. The maximum absolute atomic E-state index is 13.3. The highest BCUT2D eigenvalue weighted by molar-refractivity contribution is 7.91. The molecule has 16 heavy (non-hydrogen) atoms. The molecule has 1 aromatic rings. The largest absolute Gasteiger partial charge is 0.611 e. The molecule has 0 aliphatic carbocycles. The average Bonchev–Trinajstić information content (AvgIpc) is 2.16. The Morgan fingerprint density at radius 1 is 1.44 bits per heavy atom. The van der Waals surface area contributed by atoms with E-state index >= 15 is 0 Å². The highest BCUT2D eigenvalue weighted by atomic mass is 32.2. The number of hydrogen-bond acceptors (Lipinski definition) is 2. The Kier molecular flexibility index (Phi) is 4.62. The molecule has 0 bridgehead atoms. The Balaban J connectivity index is 2.78. The third-order valence-corrected chi connectivity index (χ3v) is 3.38. The van der Waals surface area contributed by atoms with Crippen LogP contribution in [0.4, 0.5) is 4.39 Å². The van der Waals surface area contributed by atoms with Crippen molar-refractivity contribution in [1.82, 2.24) is 0 Å². The molecule has 2 nitrogen and oxygen atoms in total. The number of benzene rings is 1. The Labute approximate surface area is 99.0 Å². The Bertz CT molecular complexity index is 336. The predicted octanol–water partition coefficient (Wildman–Crippen LogP) is 3.29. The Morgan fingerprint density at radius 2 is 2.12 bits per heavy atom. The van der Waals surface area contributed by atoms with Crippen LogP contribution in [0.5, 0.6) is 5.75 Å². The molecule has 0 aliphatic rings. The number of halogens is 1. The monoisotopic (exact) mass is 244 g/mol. The zero-order valence-corrected chi connectivity index (χ0v) is 10.6. The van der Waals surface area contributed by atoms with Crippen LogP contribution >= 0.6 is 0 Å². The molecule has 0 aromatic heterocycles. The molecule has 1 aromatic carbocycles.